The quantitative estimate of drug-likeness (QED) is 0.454. The number of carbonyl (C=O) groups is 1. The van der Waals surface area contributed by atoms with Crippen molar-refractivity contribution < 1.29 is 41.2 Å². The molecule has 0 saturated heterocycles. The first-order valence-corrected chi connectivity index (χ1v) is 0.651. The topological polar surface area (TPSA) is 92.5 Å². The zero-order valence-electron chi connectivity index (χ0n) is 3.01. The molecule has 40 valence electrons. The molecule has 5 N–H and O–H groups in total. The van der Waals surface area contributed by atoms with Gasteiger partial charge in [-0.05, 0) is 0 Å². The molecule has 4 nitrogen and oxygen atoms in total. The van der Waals surface area contributed by atoms with Crippen LogP contribution in [0.3, 0.4) is 0 Å². The number of rotatable bonds is 0. The second kappa shape index (κ2) is 15.8. The monoisotopic (exact) mass is 195 g/mol. The Morgan fingerprint density at radius 2 is 1.29 bits per heavy atom. The van der Waals surface area contributed by atoms with Gasteiger partial charge in [0.05, 0.1) is 0 Å². The number of hydrogen-bond acceptors (Lipinski definition) is 2. The molecule has 6 heteroatoms. The smallest absolute Gasteiger partial charge is 0.450 e. The zero-order valence-corrected chi connectivity index (χ0v) is 5.47. The van der Waals surface area contributed by atoms with Gasteiger partial charge in [-0.2, -0.15) is 0 Å². The van der Waals surface area contributed by atoms with Crippen molar-refractivity contribution in [2.45, 2.75) is 0 Å². The summed E-state index contributed by atoms with van der Waals surface area (Å²) < 4.78 is 0. The van der Waals surface area contributed by atoms with E-state index in [2.05, 4.69) is 0 Å². The fraction of sp³-hybridized carbons (Fsp3) is 0. The number of carboxylic acid groups (broad SMARTS) is 2. The summed E-state index contributed by atoms with van der Waals surface area (Å²) in [5, 5.41) is 13.9. The van der Waals surface area contributed by atoms with E-state index in [1.807, 2.05) is 0 Å². The van der Waals surface area contributed by atoms with E-state index in [1.54, 1.807) is 0 Å². The van der Waals surface area contributed by atoms with Crippen molar-refractivity contribution in [2.24, 2.45) is 0 Å². The van der Waals surface area contributed by atoms with Gasteiger partial charge in [-0.3, -0.25) is 0 Å². The molecule has 7 heavy (non-hydrogen) atoms. The van der Waals surface area contributed by atoms with Crippen LogP contribution in [0.1, 0.15) is 0 Å². The molecule has 0 atom stereocenters. The van der Waals surface area contributed by atoms with E-state index in [4.69, 9.17) is 15.0 Å². The maximum absolute atomic E-state index is 8.56. The summed E-state index contributed by atoms with van der Waals surface area (Å²) in [4.78, 5) is 8.56. The van der Waals surface area contributed by atoms with Crippen molar-refractivity contribution in [3.63, 3.8) is 0 Å². The molecule has 0 bridgehead atoms. The van der Waals surface area contributed by atoms with E-state index >= 15 is 0 Å². The van der Waals surface area contributed by atoms with Crippen molar-refractivity contribution in [3.8, 4) is 0 Å². The molecule has 0 spiro atoms. The molecular weight excluding hydrogens is 190 g/mol. The van der Waals surface area contributed by atoms with Gasteiger partial charge in [0.1, 0.15) is 0 Å². The Labute approximate surface area is 76.1 Å². The fourth-order valence-electron chi connectivity index (χ4n) is 0. The summed E-state index contributed by atoms with van der Waals surface area (Å²) >= 11 is 0. The molecule has 0 aliphatic rings. The van der Waals surface area contributed by atoms with Crippen molar-refractivity contribution >= 4 is 29.2 Å². The van der Waals surface area contributed by atoms with Crippen LogP contribution in [-0.2, 0) is 26.2 Å². The average molecular weight is 197 g/mol. The van der Waals surface area contributed by atoms with E-state index in [1.165, 1.54) is 0 Å². The van der Waals surface area contributed by atoms with Crippen LogP contribution in [0.2, 0.25) is 0 Å². The fourth-order valence-corrected chi connectivity index (χ4v) is 0. The Morgan fingerprint density at radius 1 is 1.29 bits per heavy atom. The Morgan fingerprint density at radius 3 is 1.29 bits per heavy atom. The SMILES string of the molecule is N.O=C(O)O.[MgH2].[Zr]. The van der Waals surface area contributed by atoms with Gasteiger partial charge in [0.15, 0.2) is 0 Å². The van der Waals surface area contributed by atoms with Crippen LogP contribution in [0, 0.1) is 0 Å². The first kappa shape index (κ1) is 24.8. The third kappa shape index (κ3) is 212. The summed E-state index contributed by atoms with van der Waals surface area (Å²) in [5.74, 6) is 0. The molecule has 0 aliphatic heterocycles. The third-order valence-corrected chi connectivity index (χ3v) is 0. The minimum Gasteiger partial charge on any atom is -0.450 e. The predicted octanol–water partition coefficient (Wildman–Crippen LogP) is -0.534. The summed E-state index contributed by atoms with van der Waals surface area (Å²) in [6.45, 7) is 0. The molecular formula is CH7MgNO3Zr. The number of hydrogen-bond donors (Lipinski definition) is 3. The van der Waals surface area contributed by atoms with Gasteiger partial charge in [-0.25, -0.2) is 4.79 Å². The van der Waals surface area contributed by atoms with Crippen molar-refractivity contribution in [1.29, 1.82) is 0 Å². The van der Waals surface area contributed by atoms with Gasteiger partial charge < -0.3 is 16.4 Å². The van der Waals surface area contributed by atoms with E-state index in [0.29, 0.717) is 0 Å². The Hall–Kier alpha value is 0.879. The molecule has 0 aliphatic carbocycles. The van der Waals surface area contributed by atoms with E-state index in [9.17, 15) is 0 Å². The van der Waals surface area contributed by atoms with Gasteiger partial charge in [0.2, 0.25) is 0 Å². The van der Waals surface area contributed by atoms with Crippen molar-refractivity contribution in [1.82, 2.24) is 6.15 Å². The molecule has 0 heterocycles. The summed E-state index contributed by atoms with van der Waals surface area (Å²) in [6, 6.07) is 0. The first-order valence-electron chi connectivity index (χ1n) is 0.651. The Bertz CT molecular complexity index is 37.9. The second-order valence-corrected chi connectivity index (χ2v) is 0.283. The van der Waals surface area contributed by atoms with Crippen LogP contribution in [0.25, 0.3) is 0 Å². The minimum absolute atomic E-state index is 0. The van der Waals surface area contributed by atoms with Gasteiger partial charge in [0, 0.05) is 26.2 Å². The molecule has 0 aromatic carbocycles. The Balaban J connectivity index is -0.0000000150. The molecule has 0 unspecified atom stereocenters. The van der Waals surface area contributed by atoms with Crippen LogP contribution >= 0.6 is 0 Å². The van der Waals surface area contributed by atoms with Crippen molar-refractivity contribution in [2.75, 3.05) is 0 Å². The predicted molar refractivity (Wildman–Crippen MR) is 24.2 cm³/mol. The van der Waals surface area contributed by atoms with E-state index in [0.717, 1.165) is 0 Å². The molecule has 0 aromatic rings. The van der Waals surface area contributed by atoms with Crippen molar-refractivity contribution in [3.05, 3.63) is 0 Å². The Kier molecular flexibility index (Phi) is 55.9. The standard InChI is InChI=1S/CH2O3.Mg.H3N.Zr.2H/c2-1(3)4;;;;;/h(H2,2,3,4);;1H3;;;. The third-order valence-electron chi connectivity index (χ3n) is 0. The molecule has 0 fully saturated rings. The van der Waals surface area contributed by atoms with Crippen LogP contribution < -0.4 is 6.15 Å². The maximum Gasteiger partial charge on any atom is 0.503 e. The minimum atomic E-state index is -1.83. The van der Waals surface area contributed by atoms with Crippen LogP contribution in [0.5, 0.6) is 0 Å². The van der Waals surface area contributed by atoms with Crippen LogP contribution in [0.4, 0.5) is 4.79 Å². The maximum atomic E-state index is 8.56. The van der Waals surface area contributed by atoms with E-state index < -0.39 is 6.16 Å². The first-order chi connectivity index (χ1) is 1.73. The largest absolute Gasteiger partial charge is 0.503 e. The molecule has 0 aromatic heterocycles. The summed E-state index contributed by atoms with van der Waals surface area (Å²) in [6.07, 6.45) is -1.83. The van der Waals surface area contributed by atoms with Gasteiger partial charge >= 0.3 is 29.2 Å². The normalized spacial score (nSPS) is 3.43. The summed E-state index contributed by atoms with van der Waals surface area (Å²) in [5.41, 5.74) is 0. The summed E-state index contributed by atoms with van der Waals surface area (Å²) in [7, 11) is 0. The molecule has 0 radical (unpaired) electrons. The van der Waals surface area contributed by atoms with Gasteiger partial charge in [-0.15, -0.1) is 0 Å². The zero-order chi connectivity index (χ0) is 3.58. The van der Waals surface area contributed by atoms with Gasteiger partial charge in [0.25, 0.3) is 0 Å². The molecule has 0 amide bonds. The van der Waals surface area contributed by atoms with Crippen LogP contribution in [-0.4, -0.2) is 39.4 Å². The van der Waals surface area contributed by atoms with E-state index in [-0.39, 0.29) is 55.4 Å². The van der Waals surface area contributed by atoms with Crippen LogP contribution in [0.15, 0.2) is 0 Å². The van der Waals surface area contributed by atoms with Gasteiger partial charge in [-0.1, -0.05) is 0 Å². The second-order valence-electron chi connectivity index (χ2n) is 0.283. The molecule has 0 rings (SSSR count). The average Bonchev–Trinajstić information content (AvgIpc) is 0.811. The molecule has 0 saturated carbocycles.